The molecule has 0 saturated heterocycles. The minimum Gasteiger partial charge on any atom is -0.361 e. The number of rotatable bonds is 4. The Hall–Kier alpha value is -2.96. The molecule has 7 heteroatoms. The van der Waals surface area contributed by atoms with Crippen LogP contribution in [0.3, 0.4) is 0 Å². The van der Waals surface area contributed by atoms with Crippen molar-refractivity contribution in [1.29, 1.82) is 0 Å². The zero-order valence-corrected chi connectivity index (χ0v) is 13.2. The van der Waals surface area contributed by atoms with E-state index in [-0.39, 0.29) is 5.91 Å². The SMILES string of the molecule is Cc1noc(C)c1CN(C)C(=O)c1cccc(-n2cnnc2)c1. The summed E-state index contributed by atoms with van der Waals surface area (Å²) in [7, 11) is 1.76. The number of aryl methyl sites for hydroxylation is 2. The van der Waals surface area contributed by atoms with Gasteiger partial charge in [0.15, 0.2) is 0 Å². The van der Waals surface area contributed by atoms with E-state index in [0.717, 1.165) is 22.7 Å². The molecule has 0 bridgehead atoms. The molecule has 3 aromatic rings. The quantitative estimate of drug-likeness (QED) is 0.738. The first-order chi connectivity index (χ1) is 11.1. The van der Waals surface area contributed by atoms with Crippen molar-refractivity contribution in [3.63, 3.8) is 0 Å². The van der Waals surface area contributed by atoms with Crippen LogP contribution in [0.5, 0.6) is 0 Å². The maximum atomic E-state index is 12.6. The predicted octanol–water partition coefficient (Wildman–Crippen LogP) is 2.14. The van der Waals surface area contributed by atoms with Crippen molar-refractivity contribution in [1.82, 2.24) is 24.8 Å². The second kappa shape index (κ2) is 6.04. The number of nitrogens with zero attached hydrogens (tertiary/aromatic N) is 5. The summed E-state index contributed by atoms with van der Waals surface area (Å²) in [5, 5.41) is 11.5. The molecule has 7 nitrogen and oxygen atoms in total. The Labute approximate surface area is 133 Å². The molecule has 0 aliphatic heterocycles. The highest BCUT2D eigenvalue weighted by Gasteiger charge is 2.17. The van der Waals surface area contributed by atoms with E-state index in [1.165, 1.54) is 0 Å². The van der Waals surface area contributed by atoms with Crippen LogP contribution in [0.1, 0.15) is 27.4 Å². The van der Waals surface area contributed by atoms with Crippen LogP contribution < -0.4 is 0 Å². The number of hydrogen-bond acceptors (Lipinski definition) is 5. The minimum absolute atomic E-state index is 0.0695. The first kappa shape index (κ1) is 15.0. The van der Waals surface area contributed by atoms with E-state index in [2.05, 4.69) is 15.4 Å². The molecule has 118 valence electrons. The monoisotopic (exact) mass is 311 g/mol. The zero-order chi connectivity index (χ0) is 16.4. The third-order valence-electron chi connectivity index (χ3n) is 3.73. The fourth-order valence-corrected chi connectivity index (χ4v) is 2.39. The number of carbonyl (C=O) groups excluding carboxylic acids is 1. The summed E-state index contributed by atoms with van der Waals surface area (Å²) in [6.45, 7) is 4.17. The number of aromatic nitrogens is 4. The largest absolute Gasteiger partial charge is 0.361 e. The Kier molecular flexibility index (Phi) is 3.92. The topological polar surface area (TPSA) is 77.0 Å². The van der Waals surface area contributed by atoms with Crippen LogP contribution in [-0.4, -0.2) is 37.8 Å². The van der Waals surface area contributed by atoms with Gasteiger partial charge in [-0.1, -0.05) is 11.2 Å². The summed E-state index contributed by atoms with van der Waals surface area (Å²) in [5.74, 6) is 0.667. The normalized spacial score (nSPS) is 10.7. The van der Waals surface area contributed by atoms with Crippen LogP contribution >= 0.6 is 0 Å². The van der Waals surface area contributed by atoms with Crippen LogP contribution in [0.25, 0.3) is 5.69 Å². The molecule has 0 unspecified atom stereocenters. The Morgan fingerprint density at radius 2 is 2.00 bits per heavy atom. The molecule has 1 aromatic carbocycles. The summed E-state index contributed by atoms with van der Waals surface area (Å²) in [6, 6.07) is 7.34. The molecule has 2 heterocycles. The maximum Gasteiger partial charge on any atom is 0.253 e. The summed E-state index contributed by atoms with van der Waals surface area (Å²) in [6.07, 6.45) is 3.19. The number of benzene rings is 1. The van der Waals surface area contributed by atoms with Gasteiger partial charge in [-0.15, -0.1) is 10.2 Å². The van der Waals surface area contributed by atoms with Crippen LogP contribution in [0.2, 0.25) is 0 Å². The van der Waals surface area contributed by atoms with Gasteiger partial charge in [-0.3, -0.25) is 9.36 Å². The Balaban J connectivity index is 1.81. The lowest BCUT2D eigenvalue weighted by molar-refractivity contribution is 0.0784. The molecule has 0 atom stereocenters. The van der Waals surface area contributed by atoms with Crippen molar-refractivity contribution in [2.45, 2.75) is 20.4 Å². The maximum absolute atomic E-state index is 12.6. The molecule has 0 spiro atoms. The molecule has 1 amide bonds. The second-order valence-corrected chi connectivity index (χ2v) is 5.38. The first-order valence-corrected chi connectivity index (χ1v) is 7.18. The van der Waals surface area contributed by atoms with Crippen molar-refractivity contribution in [3.05, 3.63) is 59.5 Å². The highest BCUT2D eigenvalue weighted by molar-refractivity contribution is 5.94. The third-order valence-corrected chi connectivity index (χ3v) is 3.73. The standard InChI is InChI=1S/C16H17N5O2/c1-11-15(12(2)23-19-11)8-20(3)16(22)13-5-4-6-14(7-13)21-9-17-18-10-21/h4-7,9-10H,8H2,1-3H3. The van der Waals surface area contributed by atoms with Gasteiger partial charge < -0.3 is 9.42 Å². The molecule has 2 aromatic heterocycles. The average molecular weight is 311 g/mol. The first-order valence-electron chi connectivity index (χ1n) is 7.18. The number of hydrogen-bond donors (Lipinski definition) is 0. The van der Waals surface area contributed by atoms with Crippen molar-refractivity contribution >= 4 is 5.91 Å². The van der Waals surface area contributed by atoms with Crippen LogP contribution in [0.4, 0.5) is 0 Å². The van der Waals surface area contributed by atoms with E-state index in [1.54, 1.807) is 35.2 Å². The molecule has 0 N–H and O–H groups in total. The summed E-state index contributed by atoms with van der Waals surface area (Å²) < 4.78 is 6.90. The molecule has 0 saturated carbocycles. The summed E-state index contributed by atoms with van der Waals surface area (Å²) in [4.78, 5) is 14.3. The van der Waals surface area contributed by atoms with Gasteiger partial charge in [-0.2, -0.15) is 0 Å². The lowest BCUT2D eigenvalue weighted by Crippen LogP contribution is -2.26. The van der Waals surface area contributed by atoms with Crippen molar-refractivity contribution in [2.75, 3.05) is 7.05 Å². The zero-order valence-electron chi connectivity index (χ0n) is 13.2. The molecule has 0 aliphatic carbocycles. The molecule has 0 radical (unpaired) electrons. The molecular formula is C16H17N5O2. The highest BCUT2D eigenvalue weighted by atomic mass is 16.5. The van der Waals surface area contributed by atoms with Gasteiger partial charge in [0.05, 0.1) is 12.2 Å². The minimum atomic E-state index is -0.0695. The predicted molar refractivity (Wildman–Crippen MR) is 83.1 cm³/mol. The van der Waals surface area contributed by atoms with E-state index in [1.807, 2.05) is 32.0 Å². The Morgan fingerprint density at radius 3 is 2.65 bits per heavy atom. The van der Waals surface area contributed by atoms with E-state index < -0.39 is 0 Å². The van der Waals surface area contributed by atoms with Crippen LogP contribution in [0, 0.1) is 13.8 Å². The number of carbonyl (C=O) groups is 1. The van der Waals surface area contributed by atoms with Gasteiger partial charge in [0.25, 0.3) is 5.91 Å². The molecular weight excluding hydrogens is 294 g/mol. The fourth-order valence-electron chi connectivity index (χ4n) is 2.39. The van der Waals surface area contributed by atoms with Crippen molar-refractivity contribution in [3.8, 4) is 5.69 Å². The lowest BCUT2D eigenvalue weighted by atomic mass is 10.1. The van der Waals surface area contributed by atoms with E-state index in [0.29, 0.717) is 12.1 Å². The Bertz CT molecular complexity index is 803. The van der Waals surface area contributed by atoms with Gasteiger partial charge in [0, 0.05) is 23.9 Å². The molecule has 0 fully saturated rings. The molecule has 23 heavy (non-hydrogen) atoms. The van der Waals surface area contributed by atoms with Gasteiger partial charge in [-0.25, -0.2) is 0 Å². The van der Waals surface area contributed by atoms with Gasteiger partial charge in [0.1, 0.15) is 18.4 Å². The van der Waals surface area contributed by atoms with E-state index >= 15 is 0 Å². The third kappa shape index (κ3) is 2.98. The highest BCUT2D eigenvalue weighted by Crippen LogP contribution is 2.17. The average Bonchev–Trinajstić information content (AvgIpc) is 3.20. The number of amides is 1. The van der Waals surface area contributed by atoms with Crippen LogP contribution in [0.15, 0.2) is 41.4 Å². The van der Waals surface area contributed by atoms with Gasteiger partial charge in [-0.05, 0) is 32.0 Å². The Morgan fingerprint density at radius 1 is 1.26 bits per heavy atom. The van der Waals surface area contributed by atoms with E-state index in [9.17, 15) is 4.79 Å². The van der Waals surface area contributed by atoms with Crippen LogP contribution in [-0.2, 0) is 6.54 Å². The lowest BCUT2D eigenvalue weighted by Gasteiger charge is -2.17. The molecule has 0 aliphatic rings. The van der Waals surface area contributed by atoms with E-state index in [4.69, 9.17) is 4.52 Å². The summed E-state index contributed by atoms with van der Waals surface area (Å²) in [5.41, 5.74) is 3.19. The fraction of sp³-hybridized carbons (Fsp3) is 0.250. The van der Waals surface area contributed by atoms with Crippen molar-refractivity contribution < 1.29 is 9.32 Å². The van der Waals surface area contributed by atoms with Gasteiger partial charge in [0.2, 0.25) is 0 Å². The smallest absolute Gasteiger partial charge is 0.253 e. The second-order valence-electron chi connectivity index (χ2n) is 5.38. The van der Waals surface area contributed by atoms with Crippen molar-refractivity contribution in [2.24, 2.45) is 0 Å². The van der Waals surface area contributed by atoms with Gasteiger partial charge >= 0.3 is 0 Å². The molecule has 3 rings (SSSR count). The summed E-state index contributed by atoms with van der Waals surface area (Å²) >= 11 is 0.